The zero-order valence-electron chi connectivity index (χ0n) is 10.1. The van der Waals surface area contributed by atoms with E-state index >= 15 is 0 Å². The van der Waals surface area contributed by atoms with Gasteiger partial charge in [-0.3, -0.25) is 0 Å². The maximum atomic E-state index is 13.2. The number of nitrogens with zero attached hydrogens (tertiary/aromatic N) is 1. The number of carbonyl (C=O) groups excluding carboxylic acids is 1. The van der Waals surface area contributed by atoms with Crippen molar-refractivity contribution in [1.82, 2.24) is 4.90 Å². The second-order valence-electron chi connectivity index (χ2n) is 5.15. The van der Waals surface area contributed by atoms with Gasteiger partial charge in [-0.25, -0.2) is 9.18 Å². The first kappa shape index (κ1) is 13.2. The van der Waals surface area contributed by atoms with Gasteiger partial charge < -0.3 is 14.7 Å². The number of hydrogen-bond donors (Lipinski definition) is 1. The Morgan fingerprint density at radius 3 is 2.69 bits per heavy atom. The molecule has 0 aromatic rings. The van der Waals surface area contributed by atoms with E-state index in [4.69, 9.17) is 4.74 Å². The number of halogens is 1. The number of ether oxygens (including phenoxy) is 1. The highest BCUT2D eigenvalue weighted by atomic mass is 19.1. The summed E-state index contributed by atoms with van der Waals surface area (Å²) in [5, 5.41) is 9.45. The van der Waals surface area contributed by atoms with Gasteiger partial charge >= 0.3 is 6.09 Å². The summed E-state index contributed by atoms with van der Waals surface area (Å²) in [4.78, 5) is 13.1. The molecule has 2 atom stereocenters. The van der Waals surface area contributed by atoms with Gasteiger partial charge in [-0.15, -0.1) is 0 Å². The molecule has 1 aliphatic heterocycles. The van der Waals surface area contributed by atoms with Crippen LogP contribution in [0.25, 0.3) is 0 Å². The summed E-state index contributed by atoms with van der Waals surface area (Å²) in [6, 6.07) is 0. The molecule has 0 aromatic heterocycles. The molecular formula is C11H20FNO3. The Balaban J connectivity index is 2.56. The summed E-state index contributed by atoms with van der Waals surface area (Å²) < 4.78 is 18.4. The van der Waals surface area contributed by atoms with Crippen molar-refractivity contribution in [3.63, 3.8) is 0 Å². The topological polar surface area (TPSA) is 49.8 Å². The third-order valence-corrected chi connectivity index (χ3v) is 2.38. The number of aliphatic hydroxyl groups is 1. The molecule has 1 fully saturated rings. The van der Waals surface area contributed by atoms with E-state index < -0.39 is 24.0 Å². The first-order valence-corrected chi connectivity index (χ1v) is 5.59. The molecule has 0 unspecified atom stereocenters. The number of alkyl halides is 1. The van der Waals surface area contributed by atoms with Crippen molar-refractivity contribution in [2.75, 3.05) is 13.1 Å². The van der Waals surface area contributed by atoms with Crippen molar-refractivity contribution >= 4 is 6.09 Å². The van der Waals surface area contributed by atoms with Crippen LogP contribution < -0.4 is 0 Å². The molecule has 1 saturated heterocycles. The molecule has 5 heteroatoms. The second-order valence-corrected chi connectivity index (χ2v) is 5.15. The van der Waals surface area contributed by atoms with Crippen LogP contribution in [0.2, 0.25) is 0 Å². The molecule has 1 N–H and O–H groups in total. The number of amides is 1. The lowest BCUT2D eigenvalue weighted by Crippen LogP contribution is -2.41. The fourth-order valence-corrected chi connectivity index (χ4v) is 1.59. The van der Waals surface area contributed by atoms with Crippen LogP contribution in [0.5, 0.6) is 0 Å². The molecule has 1 rings (SSSR count). The van der Waals surface area contributed by atoms with E-state index in [0.717, 1.165) is 0 Å². The van der Waals surface area contributed by atoms with E-state index in [1.165, 1.54) is 4.90 Å². The molecule has 1 amide bonds. The van der Waals surface area contributed by atoms with Crippen LogP contribution in [0.3, 0.4) is 0 Å². The van der Waals surface area contributed by atoms with Crippen LogP contribution in [-0.2, 0) is 4.74 Å². The molecule has 1 aliphatic rings. The smallest absolute Gasteiger partial charge is 0.410 e. The normalized spacial score (nSPS) is 27.4. The van der Waals surface area contributed by atoms with Gasteiger partial charge in [-0.05, 0) is 33.6 Å². The zero-order chi connectivity index (χ0) is 12.3. The molecule has 94 valence electrons. The Morgan fingerprint density at radius 1 is 1.50 bits per heavy atom. The Kier molecular flexibility index (Phi) is 4.13. The van der Waals surface area contributed by atoms with E-state index in [2.05, 4.69) is 0 Å². The first-order chi connectivity index (χ1) is 7.29. The predicted octanol–water partition coefficient (Wildman–Crippen LogP) is 1.72. The summed E-state index contributed by atoms with van der Waals surface area (Å²) >= 11 is 0. The molecule has 0 aliphatic carbocycles. The lowest BCUT2D eigenvalue weighted by molar-refractivity contribution is 0.0104. The average molecular weight is 233 g/mol. The molecule has 0 spiro atoms. The molecule has 0 radical (unpaired) electrons. The largest absolute Gasteiger partial charge is 0.444 e. The number of aliphatic hydroxyl groups excluding tert-OH is 1. The van der Waals surface area contributed by atoms with Crippen molar-refractivity contribution < 1.29 is 19.0 Å². The van der Waals surface area contributed by atoms with Crippen molar-refractivity contribution in [2.24, 2.45) is 0 Å². The van der Waals surface area contributed by atoms with Gasteiger partial charge in [0.15, 0.2) is 0 Å². The fourth-order valence-electron chi connectivity index (χ4n) is 1.59. The molecule has 4 nitrogen and oxygen atoms in total. The monoisotopic (exact) mass is 233 g/mol. The third kappa shape index (κ3) is 3.96. The van der Waals surface area contributed by atoms with E-state index in [9.17, 15) is 14.3 Å². The summed E-state index contributed by atoms with van der Waals surface area (Å²) in [6.07, 6.45) is -1.99. The van der Waals surface area contributed by atoms with Gasteiger partial charge in [0.05, 0.1) is 6.54 Å². The molecule has 0 bridgehead atoms. The SMILES string of the molecule is CC(C)(C)OC(=O)N1CCC[C@H](F)[C@H](O)C1. The predicted molar refractivity (Wildman–Crippen MR) is 57.9 cm³/mol. The van der Waals surface area contributed by atoms with E-state index in [1.807, 2.05) is 0 Å². The highest BCUT2D eigenvalue weighted by Gasteiger charge is 2.30. The van der Waals surface area contributed by atoms with Crippen molar-refractivity contribution in [1.29, 1.82) is 0 Å². The van der Waals surface area contributed by atoms with E-state index in [-0.39, 0.29) is 6.54 Å². The summed E-state index contributed by atoms with van der Waals surface area (Å²) in [5.74, 6) is 0. The number of rotatable bonds is 0. The van der Waals surface area contributed by atoms with Crippen LogP contribution in [0.15, 0.2) is 0 Å². The van der Waals surface area contributed by atoms with Crippen molar-refractivity contribution in [2.45, 2.75) is 51.5 Å². The number of likely N-dealkylation sites (tertiary alicyclic amines) is 1. The first-order valence-electron chi connectivity index (χ1n) is 5.59. The minimum absolute atomic E-state index is 0.0100. The Labute approximate surface area is 95.4 Å². The van der Waals surface area contributed by atoms with Gasteiger partial charge in [0.1, 0.15) is 17.9 Å². The Morgan fingerprint density at radius 2 is 2.12 bits per heavy atom. The van der Waals surface area contributed by atoms with Crippen LogP contribution in [-0.4, -0.2) is 47.1 Å². The number of carbonyl (C=O) groups is 1. The van der Waals surface area contributed by atoms with Crippen molar-refractivity contribution in [3.05, 3.63) is 0 Å². The summed E-state index contributed by atoms with van der Waals surface area (Å²) in [6.45, 7) is 5.77. The molecule has 0 aromatic carbocycles. The number of hydrogen-bond acceptors (Lipinski definition) is 3. The molecule has 16 heavy (non-hydrogen) atoms. The summed E-state index contributed by atoms with van der Waals surface area (Å²) in [7, 11) is 0. The van der Waals surface area contributed by atoms with E-state index in [0.29, 0.717) is 19.4 Å². The minimum Gasteiger partial charge on any atom is -0.444 e. The van der Waals surface area contributed by atoms with E-state index in [1.54, 1.807) is 20.8 Å². The van der Waals surface area contributed by atoms with Gasteiger partial charge in [0.2, 0.25) is 0 Å². The van der Waals surface area contributed by atoms with Gasteiger partial charge in [-0.1, -0.05) is 0 Å². The van der Waals surface area contributed by atoms with Crippen LogP contribution in [0.1, 0.15) is 33.6 Å². The standard InChI is InChI=1S/C11H20FNO3/c1-11(2,3)16-10(15)13-6-4-5-8(12)9(14)7-13/h8-9,14H,4-7H2,1-3H3/t8-,9+/m0/s1. The highest BCUT2D eigenvalue weighted by molar-refractivity contribution is 5.68. The quantitative estimate of drug-likeness (QED) is 0.693. The lowest BCUT2D eigenvalue weighted by atomic mass is 10.1. The maximum Gasteiger partial charge on any atom is 0.410 e. The third-order valence-electron chi connectivity index (χ3n) is 2.38. The van der Waals surface area contributed by atoms with Gasteiger partial charge in [-0.2, -0.15) is 0 Å². The van der Waals surface area contributed by atoms with Gasteiger partial charge in [0.25, 0.3) is 0 Å². The molecule has 1 heterocycles. The van der Waals surface area contributed by atoms with Crippen LogP contribution in [0.4, 0.5) is 9.18 Å². The Hall–Kier alpha value is -0.840. The van der Waals surface area contributed by atoms with Crippen LogP contribution >= 0.6 is 0 Å². The molecular weight excluding hydrogens is 213 g/mol. The minimum atomic E-state index is -1.24. The zero-order valence-corrected chi connectivity index (χ0v) is 10.1. The second kappa shape index (κ2) is 4.99. The van der Waals surface area contributed by atoms with Crippen LogP contribution in [0, 0.1) is 0 Å². The van der Waals surface area contributed by atoms with Gasteiger partial charge in [0, 0.05) is 6.54 Å². The highest BCUT2D eigenvalue weighted by Crippen LogP contribution is 2.17. The fraction of sp³-hybridized carbons (Fsp3) is 0.909. The lowest BCUT2D eigenvalue weighted by Gasteiger charge is -2.27. The average Bonchev–Trinajstić information content (AvgIpc) is 2.27. The Bertz CT molecular complexity index is 252. The number of β-amino-alcohol motifs (C(OH)–C–C–N with tert-alkyl or cyclic N) is 1. The molecule has 0 saturated carbocycles. The van der Waals surface area contributed by atoms with Crippen molar-refractivity contribution in [3.8, 4) is 0 Å². The summed E-state index contributed by atoms with van der Waals surface area (Å²) in [5.41, 5.74) is -0.566. The maximum absolute atomic E-state index is 13.2.